The van der Waals surface area contributed by atoms with Crippen molar-refractivity contribution in [2.45, 2.75) is 19.3 Å². The quantitative estimate of drug-likeness (QED) is 0.740. The van der Waals surface area contributed by atoms with Crippen molar-refractivity contribution in [3.63, 3.8) is 0 Å². The molecule has 0 aliphatic heterocycles. The van der Waals surface area contributed by atoms with E-state index in [9.17, 15) is 4.79 Å². The summed E-state index contributed by atoms with van der Waals surface area (Å²) in [4.78, 5) is 10.2. The highest BCUT2D eigenvalue weighted by atomic mass is 16.3. The van der Waals surface area contributed by atoms with Gasteiger partial charge in [0.15, 0.2) is 0 Å². The van der Waals surface area contributed by atoms with Crippen molar-refractivity contribution in [1.29, 1.82) is 0 Å². The largest absolute Gasteiger partial charge is 0.508 e. The van der Waals surface area contributed by atoms with Crippen LogP contribution in [0.3, 0.4) is 0 Å². The second kappa shape index (κ2) is 4.50. The van der Waals surface area contributed by atoms with Crippen LogP contribution in [0.25, 0.3) is 0 Å². The van der Waals surface area contributed by atoms with Crippen molar-refractivity contribution < 1.29 is 15.0 Å². The van der Waals surface area contributed by atoms with Gasteiger partial charge in [-0.05, 0) is 30.5 Å². The van der Waals surface area contributed by atoms with Gasteiger partial charge in [0.2, 0.25) is 0 Å². The highest BCUT2D eigenvalue weighted by molar-refractivity contribution is 5.66. The van der Waals surface area contributed by atoms with E-state index < -0.39 is 5.97 Å². The molecule has 0 heterocycles. The summed E-state index contributed by atoms with van der Waals surface area (Å²) in [7, 11) is 0. The first-order chi connectivity index (χ1) is 6.18. The molecule has 0 radical (unpaired) electrons. The number of carbonyl (C=O) groups is 1. The molecular formula is C10H12O3. The lowest BCUT2D eigenvalue weighted by molar-refractivity contribution is -0.137. The molecule has 0 saturated carbocycles. The average Bonchev–Trinajstić information content (AvgIpc) is 2.08. The Morgan fingerprint density at radius 1 is 1.23 bits per heavy atom. The second-order valence-electron chi connectivity index (χ2n) is 2.91. The Kier molecular flexibility index (Phi) is 3.31. The predicted octanol–water partition coefficient (Wildman–Crippen LogP) is 1.80. The third kappa shape index (κ3) is 3.60. The minimum absolute atomic E-state index is 0.195. The lowest BCUT2D eigenvalue weighted by Gasteiger charge is -1.99. The van der Waals surface area contributed by atoms with Gasteiger partial charge in [0.1, 0.15) is 5.75 Å². The average molecular weight is 179 g/mol. The smallest absolute Gasteiger partial charge is 0.303 e. The summed E-state index contributed by atoms with van der Waals surface area (Å²) >= 11 is 0. The number of phenols is 1. The molecule has 3 heteroatoms. The number of carboxylic acids is 1. The van der Waals surface area contributed by atoms with Gasteiger partial charge in [-0.3, -0.25) is 4.79 Å². The molecule has 0 saturated heterocycles. The summed E-state index contributed by atoms with van der Waals surface area (Å²) in [6, 6.07) is 6.82. The predicted molar refractivity (Wildman–Crippen MR) is 48.7 cm³/mol. The van der Waals surface area contributed by atoms with Crippen molar-refractivity contribution >= 4 is 5.97 Å². The molecule has 1 aromatic carbocycles. The van der Waals surface area contributed by atoms with Crippen LogP contribution in [0.5, 0.6) is 5.75 Å². The van der Waals surface area contributed by atoms with Crippen LogP contribution in [0.1, 0.15) is 18.4 Å². The molecule has 13 heavy (non-hydrogen) atoms. The van der Waals surface area contributed by atoms with E-state index in [2.05, 4.69) is 0 Å². The molecule has 0 spiro atoms. The van der Waals surface area contributed by atoms with E-state index >= 15 is 0 Å². The molecule has 0 aromatic heterocycles. The van der Waals surface area contributed by atoms with Gasteiger partial charge in [-0.2, -0.15) is 0 Å². The Labute approximate surface area is 76.6 Å². The van der Waals surface area contributed by atoms with Gasteiger partial charge in [0.25, 0.3) is 0 Å². The first-order valence-corrected chi connectivity index (χ1v) is 4.18. The van der Waals surface area contributed by atoms with Gasteiger partial charge in [-0.25, -0.2) is 0 Å². The zero-order chi connectivity index (χ0) is 9.68. The number of carboxylic acid groups (broad SMARTS) is 1. The maximum atomic E-state index is 10.2. The fourth-order valence-electron chi connectivity index (χ4n) is 1.11. The van der Waals surface area contributed by atoms with E-state index in [4.69, 9.17) is 10.2 Å². The fraction of sp³-hybridized carbons (Fsp3) is 0.300. The Morgan fingerprint density at radius 3 is 2.38 bits per heavy atom. The van der Waals surface area contributed by atoms with Crippen LogP contribution in [0.2, 0.25) is 0 Å². The van der Waals surface area contributed by atoms with E-state index in [1.165, 1.54) is 0 Å². The monoisotopic (exact) mass is 179 g/mol. The number of aliphatic carboxylic acids is 1. The van der Waals surface area contributed by atoms with Crippen molar-refractivity contribution in [1.82, 2.24) is 0 Å². The minimum atomic E-state index is -0.765. The molecule has 0 atom stereocenters. The zero-order valence-corrected chi connectivity index (χ0v) is 7.23. The van der Waals surface area contributed by atoms with Crippen LogP contribution in [-0.2, 0) is 11.2 Å². The standard InChI is InChI=1S/C10H12O3/c11-9-6-4-8(5-7-9)2-1-3-10(12)13/h4-7,11H,1-3H2,(H,12,13)/i10-1. The van der Waals surface area contributed by atoms with E-state index in [-0.39, 0.29) is 12.2 Å². The van der Waals surface area contributed by atoms with Crippen LogP contribution in [0, 0.1) is 0 Å². The van der Waals surface area contributed by atoms with Crippen LogP contribution >= 0.6 is 0 Å². The SMILES string of the molecule is O=[11C](O)CCCc1ccc(O)cc1. The van der Waals surface area contributed by atoms with Crippen molar-refractivity contribution in [2.24, 2.45) is 0 Å². The Morgan fingerprint density at radius 2 is 1.85 bits per heavy atom. The highest BCUT2D eigenvalue weighted by Crippen LogP contribution is 2.11. The maximum absolute atomic E-state index is 10.2. The molecule has 3 nitrogen and oxygen atoms in total. The molecule has 0 amide bonds. The number of hydrogen-bond donors (Lipinski definition) is 2. The van der Waals surface area contributed by atoms with Gasteiger partial charge in [-0.1, -0.05) is 12.1 Å². The van der Waals surface area contributed by atoms with Gasteiger partial charge >= 0.3 is 5.97 Å². The maximum Gasteiger partial charge on any atom is 0.303 e. The lowest BCUT2D eigenvalue weighted by Crippen LogP contribution is -1.95. The summed E-state index contributed by atoms with van der Waals surface area (Å²) in [6.07, 6.45) is 1.58. The Bertz CT molecular complexity index is 277. The van der Waals surface area contributed by atoms with Crippen LogP contribution in [0.15, 0.2) is 24.3 Å². The van der Waals surface area contributed by atoms with Crippen molar-refractivity contribution in [2.75, 3.05) is 0 Å². The van der Waals surface area contributed by atoms with Gasteiger partial charge in [0, 0.05) is 6.42 Å². The van der Waals surface area contributed by atoms with E-state index in [0.29, 0.717) is 6.42 Å². The molecular weight excluding hydrogens is 167 g/mol. The summed E-state index contributed by atoms with van der Waals surface area (Å²) in [5, 5.41) is 17.4. The number of aryl methyl sites for hydroxylation is 1. The summed E-state index contributed by atoms with van der Waals surface area (Å²) < 4.78 is 0. The van der Waals surface area contributed by atoms with Crippen LogP contribution in [0.4, 0.5) is 0 Å². The second-order valence-corrected chi connectivity index (χ2v) is 2.91. The number of hydrogen-bond acceptors (Lipinski definition) is 2. The van der Waals surface area contributed by atoms with Crippen LogP contribution < -0.4 is 0 Å². The third-order valence-corrected chi connectivity index (χ3v) is 1.79. The summed E-state index contributed by atoms with van der Waals surface area (Å²) in [6.45, 7) is 0. The number of benzene rings is 1. The molecule has 70 valence electrons. The molecule has 0 aliphatic carbocycles. The molecule has 0 fully saturated rings. The normalized spacial score (nSPS) is 9.85. The summed E-state index contributed by atoms with van der Waals surface area (Å²) in [5.74, 6) is -0.527. The van der Waals surface area contributed by atoms with E-state index in [1.54, 1.807) is 24.3 Å². The van der Waals surface area contributed by atoms with Crippen LogP contribution in [-0.4, -0.2) is 16.2 Å². The molecule has 0 aliphatic rings. The number of rotatable bonds is 4. The molecule has 0 bridgehead atoms. The van der Waals surface area contributed by atoms with Crippen molar-refractivity contribution in [3.8, 4) is 5.75 Å². The lowest BCUT2D eigenvalue weighted by atomic mass is 9.96. The number of aromatic hydroxyl groups is 1. The molecule has 1 rings (SSSR count). The van der Waals surface area contributed by atoms with Crippen molar-refractivity contribution in [3.05, 3.63) is 29.8 Å². The highest BCUT2D eigenvalue weighted by Gasteiger charge is 1.97. The van der Waals surface area contributed by atoms with E-state index in [0.717, 1.165) is 12.0 Å². The summed E-state index contributed by atoms with van der Waals surface area (Å²) in [5.41, 5.74) is 1.05. The molecule has 0 unspecified atom stereocenters. The molecule has 2 N–H and O–H groups in total. The van der Waals surface area contributed by atoms with Gasteiger partial charge < -0.3 is 10.2 Å². The third-order valence-electron chi connectivity index (χ3n) is 1.79. The van der Waals surface area contributed by atoms with E-state index in [1.807, 2.05) is 0 Å². The Hall–Kier alpha value is -1.51. The molecule has 1 aromatic rings. The first-order valence-electron chi connectivity index (χ1n) is 4.18. The van der Waals surface area contributed by atoms with Gasteiger partial charge in [0.05, 0.1) is 0 Å². The first kappa shape index (κ1) is 9.58. The zero-order valence-electron chi connectivity index (χ0n) is 7.23. The fourth-order valence-corrected chi connectivity index (χ4v) is 1.11. The number of phenolic OH excluding ortho intramolecular Hbond substituents is 1. The Balaban J connectivity index is 2.37. The van der Waals surface area contributed by atoms with Gasteiger partial charge in [-0.15, -0.1) is 0 Å². The minimum Gasteiger partial charge on any atom is -0.508 e. The topological polar surface area (TPSA) is 57.5 Å².